The quantitative estimate of drug-likeness (QED) is 0.471. The third kappa shape index (κ3) is 2.53. The van der Waals surface area contributed by atoms with Crippen LogP contribution >= 0.6 is 0 Å². The van der Waals surface area contributed by atoms with Crippen molar-refractivity contribution in [1.82, 2.24) is 0 Å². The Morgan fingerprint density at radius 1 is 1.25 bits per heavy atom. The molecular formula is C10H14N2O4. The van der Waals surface area contributed by atoms with Gasteiger partial charge >= 0.3 is 0 Å². The van der Waals surface area contributed by atoms with Gasteiger partial charge in [0, 0.05) is 0 Å². The highest BCUT2D eigenvalue weighted by Gasteiger charge is 2.16. The number of benzene rings is 1. The summed E-state index contributed by atoms with van der Waals surface area (Å²) in [5, 5.41) is 10.7. The maximum absolute atomic E-state index is 10.7. The van der Waals surface area contributed by atoms with Crippen molar-refractivity contribution in [2.24, 2.45) is 0 Å². The molecule has 0 spiro atoms. The van der Waals surface area contributed by atoms with E-state index in [1.54, 1.807) is 13.8 Å². The Morgan fingerprint density at radius 3 is 2.00 bits per heavy atom. The van der Waals surface area contributed by atoms with Crippen LogP contribution in [-0.2, 0) is 0 Å². The van der Waals surface area contributed by atoms with E-state index in [2.05, 4.69) is 0 Å². The number of non-ortho nitro benzene ring substituents is 1. The van der Waals surface area contributed by atoms with Gasteiger partial charge in [-0.3, -0.25) is 10.1 Å². The summed E-state index contributed by atoms with van der Waals surface area (Å²) < 4.78 is 10.4. The molecular weight excluding hydrogens is 212 g/mol. The van der Waals surface area contributed by atoms with Crippen molar-refractivity contribution in [3.05, 3.63) is 22.2 Å². The van der Waals surface area contributed by atoms with E-state index < -0.39 is 4.92 Å². The van der Waals surface area contributed by atoms with Crippen molar-refractivity contribution < 1.29 is 14.4 Å². The van der Waals surface area contributed by atoms with Gasteiger partial charge in [-0.25, -0.2) is 0 Å². The monoisotopic (exact) mass is 226 g/mol. The molecule has 0 unspecified atom stereocenters. The molecule has 1 aromatic carbocycles. The van der Waals surface area contributed by atoms with Crippen LogP contribution in [0, 0.1) is 10.1 Å². The number of nitro groups is 1. The van der Waals surface area contributed by atoms with Gasteiger partial charge in [0.15, 0.2) is 11.5 Å². The van der Waals surface area contributed by atoms with Crippen molar-refractivity contribution in [2.45, 2.75) is 13.8 Å². The molecule has 0 saturated carbocycles. The van der Waals surface area contributed by atoms with Gasteiger partial charge in [0.2, 0.25) is 0 Å². The Hall–Kier alpha value is -1.98. The summed E-state index contributed by atoms with van der Waals surface area (Å²) in [5.74, 6) is 0.556. The molecule has 0 bridgehead atoms. The Morgan fingerprint density at radius 2 is 1.69 bits per heavy atom. The minimum Gasteiger partial charge on any atom is -0.491 e. The highest BCUT2D eigenvalue weighted by molar-refractivity contribution is 5.67. The van der Waals surface area contributed by atoms with Gasteiger partial charge in [0.25, 0.3) is 5.69 Å². The van der Waals surface area contributed by atoms with Gasteiger partial charge in [-0.15, -0.1) is 0 Å². The van der Waals surface area contributed by atoms with E-state index in [4.69, 9.17) is 15.2 Å². The molecule has 6 heteroatoms. The Bertz CT molecular complexity index is 365. The van der Waals surface area contributed by atoms with Gasteiger partial charge in [0.05, 0.1) is 30.3 Å². The first kappa shape index (κ1) is 12.1. The fourth-order valence-electron chi connectivity index (χ4n) is 1.24. The van der Waals surface area contributed by atoms with Crippen LogP contribution in [-0.4, -0.2) is 18.1 Å². The molecule has 0 atom stereocenters. The standard InChI is InChI=1S/C10H14N2O4/c1-3-15-8-5-7(12(13)14)6-9(10(8)11)16-4-2/h5-6H,3-4,11H2,1-2H3. The van der Waals surface area contributed by atoms with Crippen LogP contribution in [0.15, 0.2) is 12.1 Å². The molecule has 0 heterocycles. The molecule has 0 amide bonds. The predicted molar refractivity (Wildman–Crippen MR) is 59.8 cm³/mol. The second-order valence-electron chi connectivity index (χ2n) is 2.98. The number of hydrogen-bond donors (Lipinski definition) is 1. The molecule has 2 N–H and O–H groups in total. The summed E-state index contributed by atoms with van der Waals surface area (Å²) in [5.41, 5.74) is 5.94. The van der Waals surface area contributed by atoms with Crippen LogP contribution in [0.25, 0.3) is 0 Å². The number of rotatable bonds is 5. The number of nitrogens with two attached hydrogens (primary N) is 1. The minimum atomic E-state index is -0.509. The lowest BCUT2D eigenvalue weighted by Crippen LogP contribution is -2.03. The minimum absolute atomic E-state index is 0.0962. The van der Waals surface area contributed by atoms with E-state index in [1.807, 2.05) is 0 Å². The van der Waals surface area contributed by atoms with E-state index in [1.165, 1.54) is 12.1 Å². The molecule has 6 nitrogen and oxygen atoms in total. The van der Waals surface area contributed by atoms with E-state index in [0.717, 1.165) is 0 Å². The number of anilines is 1. The topological polar surface area (TPSA) is 87.6 Å². The Kier molecular flexibility index (Phi) is 3.93. The third-order valence-corrected chi connectivity index (χ3v) is 1.90. The molecule has 0 aliphatic carbocycles. The number of nitrogens with zero attached hydrogens (tertiary/aromatic N) is 1. The van der Waals surface area contributed by atoms with Crippen molar-refractivity contribution in [2.75, 3.05) is 18.9 Å². The lowest BCUT2D eigenvalue weighted by Gasteiger charge is -2.11. The van der Waals surface area contributed by atoms with Crippen LogP contribution < -0.4 is 15.2 Å². The number of ether oxygens (including phenoxy) is 2. The summed E-state index contributed by atoms with van der Waals surface area (Å²) in [4.78, 5) is 10.2. The molecule has 1 rings (SSSR count). The molecule has 0 aliphatic heterocycles. The highest BCUT2D eigenvalue weighted by atomic mass is 16.6. The first-order valence-electron chi connectivity index (χ1n) is 4.93. The number of nitro benzene ring substituents is 1. The van der Waals surface area contributed by atoms with E-state index in [-0.39, 0.29) is 22.9 Å². The third-order valence-electron chi connectivity index (χ3n) is 1.90. The van der Waals surface area contributed by atoms with Gasteiger partial charge in [-0.05, 0) is 13.8 Å². The average molecular weight is 226 g/mol. The van der Waals surface area contributed by atoms with Crippen molar-refractivity contribution in [1.29, 1.82) is 0 Å². The molecule has 0 saturated heterocycles. The second-order valence-corrected chi connectivity index (χ2v) is 2.98. The number of nitrogen functional groups attached to an aromatic ring is 1. The molecule has 16 heavy (non-hydrogen) atoms. The molecule has 88 valence electrons. The average Bonchev–Trinajstić information content (AvgIpc) is 2.24. The first-order chi connectivity index (χ1) is 7.60. The summed E-state index contributed by atoms with van der Waals surface area (Å²) in [6.45, 7) is 4.32. The normalized spacial score (nSPS) is 9.88. The zero-order valence-electron chi connectivity index (χ0n) is 9.23. The highest BCUT2D eigenvalue weighted by Crippen LogP contribution is 2.36. The summed E-state index contributed by atoms with van der Waals surface area (Å²) in [6.07, 6.45) is 0. The summed E-state index contributed by atoms with van der Waals surface area (Å²) >= 11 is 0. The maximum atomic E-state index is 10.7. The fraction of sp³-hybridized carbons (Fsp3) is 0.400. The second kappa shape index (κ2) is 5.20. The Labute approximate surface area is 93.1 Å². The van der Waals surface area contributed by atoms with Gasteiger partial charge in [-0.1, -0.05) is 0 Å². The van der Waals surface area contributed by atoms with Gasteiger partial charge in [0.1, 0.15) is 5.69 Å². The maximum Gasteiger partial charge on any atom is 0.277 e. The van der Waals surface area contributed by atoms with Gasteiger partial charge in [-0.2, -0.15) is 0 Å². The van der Waals surface area contributed by atoms with Crippen LogP contribution in [0.4, 0.5) is 11.4 Å². The molecule has 0 aliphatic rings. The van der Waals surface area contributed by atoms with Crippen molar-refractivity contribution in [3.63, 3.8) is 0 Å². The lowest BCUT2D eigenvalue weighted by molar-refractivity contribution is -0.385. The molecule has 0 fully saturated rings. The predicted octanol–water partition coefficient (Wildman–Crippen LogP) is 1.97. The van der Waals surface area contributed by atoms with E-state index >= 15 is 0 Å². The molecule has 0 radical (unpaired) electrons. The first-order valence-corrected chi connectivity index (χ1v) is 4.93. The summed E-state index contributed by atoms with van der Waals surface area (Å²) in [6, 6.07) is 2.59. The van der Waals surface area contributed by atoms with Crippen LogP contribution in [0.3, 0.4) is 0 Å². The lowest BCUT2D eigenvalue weighted by atomic mass is 10.2. The van der Waals surface area contributed by atoms with Crippen LogP contribution in [0.5, 0.6) is 11.5 Å². The van der Waals surface area contributed by atoms with Crippen LogP contribution in [0.2, 0.25) is 0 Å². The largest absolute Gasteiger partial charge is 0.491 e. The fourth-order valence-corrected chi connectivity index (χ4v) is 1.24. The number of hydrogen-bond acceptors (Lipinski definition) is 5. The van der Waals surface area contributed by atoms with E-state index in [0.29, 0.717) is 13.2 Å². The SMILES string of the molecule is CCOc1cc([N+](=O)[O-])cc(OCC)c1N. The van der Waals surface area contributed by atoms with E-state index in [9.17, 15) is 10.1 Å². The van der Waals surface area contributed by atoms with Gasteiger partial charge < -0.3 is 15.2 Å². The zero-order chi connectivity index (χ0) is 12.1. The van der Waals surface area contributed by atoms with Crippen LogP contribution in [0.1, 0.15) is 13.8 Å². The van der Waals surface area contributed by atoms with Crippen molar-refractivity contribution in [3.8, 4) is 11.5 Å². The Balaban J connectivity index is 3.21. The smallest absolute Gasteiger partial charge is 0.277 e. The van der Waals surface area contributed by atoms with Crippen molar-refractivity contribution >= 4 is 11.4 Å². The summed E-state index contributed by atoms with van der Waals surface area (Å²) in [7, 11) is 0. The zero-order valence-corrected chi connectivity index (χ0v) is 9.23. The molecule has 1 aromatic rings. The molecule has 0 aromatic heterocycles.